The minimum Gasteiger partial charge on any atom is -0.395 e. The van der Waals surface area contributed by atoms with Crippen LogP contribution in [0.2, 0.25) is 0 Å². The molecule has 1 aromatic carbocycles. The molecule has 5 heteroatoms. The molecule has 0 bridgehead atoms. The number of anilines is 1. The highest BCUT2D eigenvalue weighted by molar-refractivity contribution is 9.10. The molecule has 1 amide bonds. The summed E-state index contributed by atoms with van der Waals surface area (Å²) in [4.78, 5) is 11.8. The predicted octanol–water partition coefficient (Wildman–Crippen LogP) is 1.40. The third kappa shape index (κ3) is 2.26. The topological polar surface area (TPSA) is 43.8 Å². The first kappa shape index (κ1) is 11.6. The van der Waals surface area contributed by atoms with Gasteiger partial charge in [-0.3, -0.25) is 4.79 Å². The van der Waals surface area contributed by atoms with Gasteiger partial charge in [-0.15, -0.1) is 0 Å². The van der Waals surface area contributed by atoms with Gasteiger partial charge in [0, 0.05) is 24.0 Å². The van der Waals surface area contributed by atoms with Crippen LogP contribution in [0.15, 0.2) is 28.7 Å². The van der Waals surface area contributed by atoms with E-state index in [4.69, 9.17) is 5.11 Å². The Hall–Kier alpha value is -0.910. The van der Waals surface area contributed by atoms with E-state index < -0.39 is 0 Å². The van der Waals surface area contributed by atoms with Crippen LogP contribution in [0.3, 0.4) is 0 Å². The Morgan fingerprint density at radius 1 is 1.44 bits per heavy atom. The minimum absolute atomic E-state index is 0.0534. The fourth-order valence-corrected chi connectivity index (χ4v) is 2.22. The van der Waals surface area contributed by atoms with Gasteiger partial charge in [-0.1, -0.05) is 22.0 Å². The molecule has 1 fully saturated rings. The van der Waals surface area contributed by atoms with Gasteiger partial charge in [0.1, 0.15) is 0 Å². The maximum atomic E-state index is 11.8. The number of carbonyl (C=O) groups is 1. The van der Waals surface area contributed by atoms with Crippen molar-refractivity contribution < 1.29 is 9.90 Å². The lowest BCUT2D eigenvalue weighted by atomic mass is 10.3. The summed E-state index contributed by atoms with van der Waals surface area (Å²) in [5, 5.41) is 12.4. The van der Waals surface area contributed by atoms with E-state index in [1.807, 2.05) is 29.3 Å². The van der Waals surface area contributed by atoms with Crippen LogP contribution in [0.25, 0.3) is 0 Å². The number of rotatable bonds is 3. The van der Waals surface area contributed by atoms with Crippen LogP contribution in [-0.4, -0.2) is 35.7 Å². The summed E-state index contributed by atoms with van der Waals surface area (Å²) in [5.74, 6) is 0.0755. The van der Waals surface area contributed by atoms with Crippen molar-refractivity contribution in [1.82, 2.24) is 5.01 Å². The number of carbonyl (C=O) groups excluding carboxylic acids is 1. The molecule has 0 aromatic heterocycles. The van der Waals surface area contributed by atoms with Gasteiger partial charge in [0.2, 0.25) is 5.91 Å². The molecule has 2 rings (SSSR count). The molecule has 0 radical (unpaired) electrons. The summed E-state index contributed by atoms with van der Waals surface area (Å²) in [6.07, 6.45) is 0.506. The van der Waals surface area contributed by atoms with Crippen LogP contribution in [0, 0.1) is 0 Å². The summed E-state index contributed by atoms with van der Waals surface area (Å²) in [7, 11) is 0. The van der Waals surface area contributed by atoms with Crippen LogP contribution < -0.4 is 5.01 Å². The van der Waals surface area contributed by atoms with Crippen LogP contribution in [0.5, 0.6) is 0 Å². The fourth-order valence-electron chi connectivity index (χ4n) is 1.83. The Labute approximate surface area is 103 Å². The van der Waals surface area contributed by atoms with Crippen molar-refractivity contribution in [3.63, 3.8) is 0 Å². The lowest BCUT2D eigenvalue weighted by molar-refractivity contribution is -0.118. The summed E-state index contributed by atoms with van der Waals surface area (Å²) in [5.41, 5.74) is 0.838. The molecule has 0 spiro atoms. The Kier molecular flexibility index (Phi) is 3.58. The van der Waals surface area contributed by atoms with E-state index in [1.54, 1.807) is 5.01 Å². The Balaban J connectivity index is 2.26. The quantitative estimate of drug-likeness (QED) is 0.913. The largest absolute Gasteiger partial charge is 0.395 e. The Morgan fingerprint density at radius 3 is 2.94 bits per heavy atom. The number of aliphatic hydroxyl groups is 1. The number of hydrogen-bond donors (Lipinski definition) is 1. The van der Waals surface area contributed by atoms with Crippen LogP contribution in [0.1, 0.15) is 6.42 Å². The molecule has 0 unspecified atom stereocenters. The van der Waals surface area contributed by atoms with E-state index in [9.17, 15) is 4.79 Å². The molecular weight excluding hydrogens is 272 g/mol. The highest BCUT2D eigenvalue weighted by Gasteiger charge is 2.29. The van der Waals surface area contributed by atoms with Gasteiger partial charge >= 0.3 is 0 Å². The van der Waals surface area contributed by atoms with Gasteiger partial charge in [0.25, 0.3) is 0 Å². The molecule has 1 N–H and O–H groups in total. The van der Waals surface area contributed by atoms with E-state index in [0.29, 0.717) is 19.5 Å². The van der Waals surface area contributed by atoms with Crippen molar-refractivity contribution in [1.29, 1.82) is 0 Å². The van der Waals surface area contributed by atoms with Crippen molar-refractivity contribution in [3.05, 3.63) is 28.7 Å². The number of amides is 1. The van der Waals surface area contributed by atoms with Crippen molar-refractivity contribution in [3.8, 4) is 0 Å². The maximum Gasteiger partial charge on any atom is 0.242 e. The Bertz CT molecular complexity index is 397. The molecule has 16 heavy (non-hydrogen) atoms. The first-order valence-electron chi connectivity index (χ1n) is 5.16. The van der Waals surface area contributed by atoms with Crippen molar-refractivity contribution in [2.75, 3.05) is 24.7 Å². The first-order valence-corrected chi connectivity index (χ1v) is 5.96. The fraction of sp³-hybridized carbons (Fsp3) is 0.364. The van der Waals surface area contributed by atoms with E-state index >= 15 is 0 Å². The van der Waals surface area contributed by atoms with Gasteiger partial charge in [-0.05, 0) is 18.2 Å². The Morgan fingerprint density at radius 2 is 2.25 bits per heavy atom. The standard InChI is InChI=1S/C11H13BrN2O2/c12-9-2-1-3-10(8-9)14-11(16)4-5-13(14)6-7-15/h1-3,8,15H,4-7H2. The number of hydrogen-bond acceptors (Lipinski definition) is 3. The smallest absolute Gasteiger partial charge is 0.242 e. The van der Waals surface area contributed by atoms with Gasteiger partial charge < -0.3 is 5.11 Å². The highest BCUT2D eigenvalue weighted by atomic mass is 79.9. The summed E-state index contributed by atoms with van der Waals surface area (Å²) in [6.45, 7) is 1.21. The van der Waals surface area contributed by atoms with Crippen molar-refractivity contribution >= 4 is 27.5 Å². The zero-order chi connectivity index (χ0) is 11.5. The molecule has 1 heterocycles. The zero-order valence-corrected chi connectivity index (χ0v) is 10.4. The number of aliphatic hydroxyl groups excluding tert-OH is 1. The number of nitrogens with zero attached hydrogens (tertiary/aromatic N) is 2. The number of benzene rings is 1. The molecule has 0 aliphatic carbocycles. The van der Waals surface area contributed by atoms with E-state index in [-0.39, 0.29) is 12.5 Å². The van der Waals surface area contributed by atoms with E-state index in [1.165, 1.54) is 0 Å². The molecular formula is C11H13BrN2O2. The summed E-state index contributed by atoms with van der Waals surface area (Å²) >= 11 is 3.38. The SMILES string of the molecule is O=C1CCN(CCO)N1c1cccc(Br)c1. The third-order valence-electron chi connectivity index (χ3n) is 2.51. The van der Waals surface area contributed by atoms with Crippen molar-refractivity contribution in [2.24, 2.45) is 0 Å². The average Bonchev–Trinajstić information content (AvgIpc) is 2.60. The van der Waals surface area contributed by atoms with E-state index in [0.717, 1.165) is 10.2 Å². The summed E-state index contributed by atoms with van der Waals surface area (Å²) in [6, 6.07) is 7.59. The van der Waals surface area contributed by atoms with Crippen molar-refractivity contribution in [2.45, 2.75) is 6.42 Å². The lowest BCUT2D eigenvalue weighted by Gasteiger charge is -2.27. The molecule has 0 saturated carbocycles. The van der Waals surface area contributed by atoms with Crippen LogP contribution >= 0.6 is 15.9 Å². The second kappa shape index (κ2) is 4.95. The number of halogens is 1. The van der Waals surface area contributed by atoms with Crippen LogP contribution in [0.4, 0.5) is 5.69 Å². The van der Waals surface area contributed by atoms with Gasteiger partial charge in [0.15, 0.2) is 0 Å². The number of β-amino-alcohol motifs (C(OH)–C–C–N with tert-alkyl or cyclic N) is 1. The second-order valence-electron chi connectivity index (χ2n) is 3.61. The second-order valence-corrected chi connectivity index (χ2v) is 4.53. The third-order valence-corrected chi connectivity index (χ3v) is 3.01. The predicted molar refractivity (Wildman–Crippen MR) is 64.9 cm³/mol. The number of hydrazine groups is 1. The highest BCUT2D eigenvalue weighted by Crippen LogP contribution is 2.25. The monoisotopic (exact) mass is 284 g/mol. The first-order chi connectivity index (χ1) is 7.72. The molecule has 0 atom stereocenters. The lowest BCUT2D eigenvalue weighted by Crippen LogP contribution is -2.40. The molecule has 86 valence electrons. The maximum absolute atomic E-state index is 11.8. The molecule has 4 nitrogen and oxygen atoms in total. The van der Waals surface area contributed by atoms with E-state index in [2.05, 4.69) is 15.9 Å². The molecule has 1 aromatic rings. The van der Waals surface area contributed by atoms with Gasteiger partial charge in [-0.2, -0.15) is 0 Å². The summed E-state index contributed by atoms with van der Waals surface area (Å²) < 4.78 is 0.939. The molecule has 1 aliphatic heterocycles. The normalized spacial score (nSPS) is 17.1. The molecule has 1 saturated heterocycles. The minimum atomic E-state index is 0.0534. The van der Waals surface area contributed by atoms with Gasteiger partial charge in [0.05, 0.1) is 12.3 Å². The average molecular weight is 285 g/mol. The molecule has 1 aliphatic rings. The van der Waals surface area contributed by atoms with Crippen LogP contribution in [-0.2, 0) is 4.79 Å². The van der Waals surface area contributed by atoms with Gasteiger partial charge in [-0.25, -0.2) is 10.0 Å². The zero-order valence-electron chi connectivity index (χ0n) is 8.77.